The van der Waals surface area contributed by atoms with Crippen LogP contribution in [0.2, 0.25) is 0 Å². The zero-order valence-electron chi connectivity index (χ0n) is 26.1. The maximum atomic E-state index is 14.2. The van der Waals surface area contributed by atoms with Gasteiger partial charge in [-0.3, -0.25) is 9.36 Å². The topological polar surface area (TPSA) is 74.8 Å². The van der Waals surface area contributed by atoms with Gasteiger partial charge < -0.3 is 14.0 Å². The first kappa shape index (κ1) is 30.3. The summed E-state index contributed by atoms with van der Waals surface area (Å²) >= 11 is 1.32. The van der Waals surface area contributed by atoms with Gasteiger partial charge in [-0.15, -0.1) is 0 Å². The average molecular weight is 598 g/mol. The van der Waals surface area contributed by atoms with Gasteiger partial charge in [0, 0.05) is 22.6 Å². The first-order valence-electron chi connectivity index (χ1n) is 14.8. The molecule has 0 aliphatic carbocycles. The second kappa shape index (κ2) is 12.2. The van der Waals surface area contributed by atoms with Gasteiger partial charge in [-0.05, 0) is 88.9 Å². The van der Waals surface area contributed by atoms with Gasteiger partial charge in [-0.25, -0.2) is 9.79 Å². The molecular weight excluding hydrogens is 558 g/mol. The third-order valence-corrected chi connectivity index (χ3v) is 8.65. The summed E-state index contributed by atoms with van der Waals surface area (Å²) < 4.78 is 16.0. The Labute approximate surface area is 256 Å². The number of hydrogen-bond donors (Lipinski definition) is 0. The Hall–Kier alpha value is -4.17. The number of thiazole rings is 1. The van der Waals surface area contributed by atoms with Crippen LogP contribution in [0.1, 0.15) is 81.6 Å². The molecular formula is C35H39N3O4S. The van der Waals surface area contributed by atoms with Crippen LogP contribution in [0.4, 0.5) is 0 Å². The minimum atomic E-state index is -0.737. The van der Waals surface area contributed by atoms with Crippen LogP contribution in [0, 0.1) is 13.8 Å². The van der Waals surface area contributed by atoms with E-state index < -0.39 is 12.0 Å². The Bertz CT molecular complexity index is 1890. The average Bonchev–Trinajstić information content (AvgIpc) is 3.41. The van der Waals surface area contributed by atoms with Crippen LogP contribution in [0.15, 0.2) is 75.7 Å². The van der Waals surface area contributed by atoms with Crippen molar-refractivity contribution in [3.8, 4) is 11.4 Å². The van der Waals surface area contributed by atoms with E-state index in [2.05, 4.69) is 62.6 Å². The molecule has 0 radical (unpaired) electrons. The number of fused-ring (bicyclic) bond motifs is 1. The molecule has 1 atom stereocenters. The van der Waals surface area contributed by atoms with Crippen LogP contribution in [-0.2, 0) is 9.53 Å². The van der Waals surface area contributed by atoms with Crippen molar-refractivity contribution in [1.82, 2.24) is 9.13 Å². The molecule has 1 aliphatic heterocycles. The molecule has 0 N–H and O–H groups in total. The lowest BCUT2D eigenvalue weighted by atomic mass is 9.95. The predicted octanol–water partition coefficient (Wildman–Crippen LogP) is 6.12. The molecule has 0 fully saturated rings. The van der Waals surface area contributed by atoms with Crippen LogP contribution in [0.5, 0.6) is 5.75 Å². The molecule has 3 heterocycles. The number of rotatable bonds is 8. The number of allylic oxidation sites excluding steroid dienone is 1. The minimum absolute atomic E-state index is 0.0927. The molecule has 0 saturated heterocycles. The Morgan fingerprint density at radius 3 is 2.40 bits per heavy atom. The molecule has 8 heteroatoms. The van der Waals surface area contributed by atoms with Gasteiger partial charge in [0.1, 0.15) is 11.8 Å². The van der Waals surface area contributed by atoms with Crippen molar-refractivity contribution >= 4 is 23.4 Å². The van der Waals surface area contributed by atoms with E-state index >= 15 is 0 Å². The van der Waals surface area contributed by atoms with Crippen LogP contribution >= 0.6 is 11.3 Å². The standard InChI is InChI=1S/C35H39N3O4S/c1-9-41-34(40)31-23(7)36-35-38(32(31)28-12-10-11-13-29(28)42-21(4)5)33(39)30(43-35)19-26-18-22(6)37(24(26)8)27-16-14-25(15-17-27)20(2)3/h10-21,32H,9H2,1-8H3/b30-19+/t32-/m1/s1. The van der Waals surface area contributed by atoms with Crippen molar-refractivity contribution in [2.24, 2.45) is 4.99 Å². The number of esters is 1. The highest BCUT2D eigenvalue weighted by Gasteiger charge is 2.35. The van der Waals surface area contributed by atoms with Crippen LogP contribution in [0.3, 0.4) is 0 Å². The van der Waals surface area contributed by atoms with Gasteiger partial charge in [0.15, 0.2) is 4.80 Å². The van der Waals surface area contributed by atoms with Crippen molar-refractivity contribution in [3.63, 3.8) is 0 Å². The largest absolute Gasteiger partial charge is 0.491 e. The normalized spacial score (nSPS) is 15.2. The van der Waals surface area contributed by atoms with Gasteiger partial charge in [-0.2, -0.15) is 0 Å². The van der Waals surface area contributed by atoms with E-state index in [1.165, 1.54) is 16.9 Å². The van der Waals surface area contributed by atoms with Gasteiger partial charge >= 0.3 is 5.97 Å². The van der Waals surface area contributed by atoms with Gasteiger partial charge in [0.2, 0.25) is 0 Å². The number of carbonyl (C=O) groups is 1. The van der Waals surface area contributed by atoms with E-state index in [1.54, 1.807) is 18.4 Å². The number of benzene rings is 2. The SMILES string of the molecule is CCOC(=O)C1=C(C)N=c2s/c(=C/c3cc(C)n(-c4ccc(C(C)C)cc4)c3C)c(=O)n2[C@@H]1c1ccccc1OC(C)C. The summed E-state index contributed by atoms with van der Waals surface area (Å²) in [4.78, 5) is 32.8. The van der Waals surface area contributed by atoms with E-state index in [-0.39, 0.29) is 18.3 Å². The molecule has 7 nitrogen and oxygen atoms in total. The fraction of sp³-hybridized carbons (Fsp3) is 0.343. The Morgan fingerprint density at radius 2 is 1.74 bits per heavy atom. The Balaban J connectivity index is 1.68. The zero-order chi connectivity index (χ0) is 31.0. The van der Waals surface area contributed by atoms with Crippen molar-refractivity contribution in [3.05, 3.63) is 114 Å². The molecule has 4 aromatic rings. The highest BCUT2D eigenvalue weighted by atomic mass is 32.1. The summed E-state index contributed by atoms with van der Waals surface area (Å²) in [6, 6.07) is 17.5. The summed E-state index contributed by atoms with van der Waals surface area (Å²) in [6.45, 7) is 16.2. The van der Waals surface area contributed by atoms with E-state index in [4.69, 9.17) is 14.5 Å². The van der Waals surface area contributed by atoms with E-state index in [9.17, 15) is 9.59 Å². The third kappa shape index (κ3) is 5.76. The van der Waals surface area contributed by atoms with Crippen LogP contribution < -0.4 is 19.6 Å². The molecule has 2 aromatic heterocycles. The molecule has 5 rings (SSSR count). The molecule has 0 unspecified atom stereocenters. The summed E-state index contributed by atoms with van der Waals surface area (Å²) in [5.74, 6) is 0.582. The van der Waals surface area contributed by atoms with Gasteiger partial charge in [0.25, 0.3) is 5.56 Å². The first-order chi connectivity index (χ1) is 20.5. The molecule has 2 aromatic carbocycles. The van der Waals surface area contributed by atoms with Crippen molar-refractivity contribution in [1.29, 1.82) is 0 Å². The number of ether oxygens (including phenoxy) is 2. The summed E-state index contributed by atoms with van der Waals surface area (Å²) in [5.41, 5.74) is 6.80. The van der Waals surface area contributed by atoms with Crippen molar-refractivity contribution < 1.29 is 14.3 Å². The van der Waals surface area contributed by atoms with Gasteiger partial charge in [-0.1, -0.05) is 55.5 Å². The molecule has 0 saturated carbocycles. The Morgan fingerprint density at radius 1 is 1.05 bits per heavy atom. The quantitative estimate of drug-likeness (QED) is 0.230. The summed E-state index contributed by atoms with van der Waals surface area (Å²) in [7, 11) is 0. The molecule has 224 valence electrons. The molecule has 0 amide bonds. The van der Waals surface area contributed by atoms with Crippen molar-refractivity contribution in [2.75, 3.05) is 6.61 Å². The van der Waals surface area contributed by atoms with Crippen LogP contribution in [-0.4, -0.2) is 27.8 Å². The number of aromatic nitrogens is 2. The van der Waals surface area contributed by atoms with Gasteiger partial charge in [0.05, 0.1) is 28.5 Å². The van der Waals surface area contributed by atoms with Crippen LogP contribution in [0.25, 0.3) is 11.8 Å². The maximum absolute atomic E-state index is 14.2. The van der Waals surface area contributed by atoms with Crippen molar-refractivity contribution in [2.45, 2.75) is 73.5 Å². The lowest BCUT2D eigenvalue weighted by Crippen LogP contribution is -2.40. The molecule has 0 spiro atoms. The van der Waals surface area contributed by atoms with E-state index in [0.717, 1.165) is 22.6 Å². The third-order valence-electron chi connectivity index (χ3n) is 7.67. The van der Waals surface area contributed by atoms with E-state index in [1.807, 2.05) is 44.2 Å². The molecule has 0 bridgehead atoms. The summed E-state index contributed by atoms with van der Waals surface area (Å²) in [5, 5.41) is 0. The highest BCUT2D eigenvalue weighted by molar-refractivity contribution is 7.07. The number of para-hydroxylation sites is 1. The minimum Gasteiger partial charge on any atom is -0.491 e. The molecule has 43 heavy (non-hydrogen) atoms. The smallest absolute Gasteiger partial charge is 0.338 e. The maximum Gasteiger partial charge on any atom is 0.338 e. The first-order valence-corrected chi connectivity index (χ1v) is 15.6. The number of hydrogen-bond acceptors (Lipinski definition) is 6. The zero-order valence-corrected chi connectivity index (χ0v) is 26.9. The van der Waals surface area contributed by atoms with E-state index in [0.29, 0.717) is 37.8 Å². The lowest BCUT2D eigenvalue weighted by Gasteiger charge is -2.26. The highest BCUT2D eigenvalue weighted by Crippen LogP contribution is 2.36. The number of nitrogens with zero attached hydrogens (tertiary/aromatic N) is 3. The fourth-order valence-electron chi connectivity index (χ4n) is 5.63. The predicted molar refractivity (Wildman–Crippen MR) is 172 cm³/mol. The second-order valence-electron chi connectivity index (χ2n) is 11.4. The monoisotopic (exact) mass is 597 g/mol. The number of carbonyl (C=O) groups excluding carboxylic acids is 1. The number of aryl methyl sites for hydroxylation is 1. The Kier molecular flexibility index (Phi) is 8.60. The second-order valence-corrected chi connectivity index (χ2v) is 12.4. The summed E-state index contributed by atoms with van der Waals surface area (Å²) in [6.07, 6.45) is 1.84. The fourth-order valence-corrected chi connectivity index (χ4v) is 6.67. The lowest BCUT2D eigenvalue weighted by molar-refractivity contribution is -0.139. The molecule has 1 aliphatic rings.